The number of hydrogen-bond acceptors (Lipinski definition) is 3. The lowest BCUT2D eigenvalue weighted by Gasteiger charge is -2.35. The van der Waals surface area contributed by atoms with Crippen molar-refractivity contribution in [3.63, 3.8) is 0 Å². The normalized spacial score (nSPS) is 23.7. The summed E-state index contributed by atoms with van der Waals surface area (Å²) in [5.74, 6) is 0. The largest absolute Gasteiger partial charge is 0.375 e. The van der Waals surface area contributed by atoms with E-state index in [-0.39, 0.29) is 12.1 Å². The van der Waals surface area contributed by atoms with Crippen LogP contribution in [0.5, 0.6) is 0 Å². The van der Waals surface area contributed by atoms with Crippen molar-refractivity contribution in [2.75, 3.05) is 32.8 Å². The topological polar surface area (TPSA) is 44.8 Å². The average Bonchev–Trinajstić information content (AvgIpc) is 2.57. The standard InChI is InChI=1S/C18H27N3O2/c1-15-13-21(11-12-23-15)18(22)19-17-7-9-20(10-8-17)14-16-5-3-2-4-6-16/h2-6,15,17H,7-14H2,1H3,(H,19,22). The molecule has 5 nitrogen and oxygen atoms in total. The van der Waals surface area contributed by atoms with Crippen molar-refractivity contribution in [2.24, 2.45) is 0 Å². The summed E-state index contributed by atoms with van der Waals surface area (Å²) in [6.45, 7) is 7.13. The smallest absolute Gasteiger partial charge is 0.317 e. The summed E-state index contributed by atoms with van der Waals surface area (Å²) >= 11 is 0. The van der Waals surface area contributed by atoms with E-state index in [0.29, 0.717) is 25.7 Å². The molecule has 2 saturated heterocycles. The van der Waals surface area contributed by atoms with Crippen molar-refractivity contribution in [3.05, 3.63) is 35.9 Å². The molecule has 5 heteroatoms. The van der Waals surface area contributed by atoms with Crippen molar-refractivity contribution in [3.8, 4) is 0 Å². The number of nitrogens with zero attached hydrogens (tertiary/aromatic N) is 2. The van der Waals surface area contributed by atoms with E-state index in [1.165, 1.54) is 5.56 Å². The Morgan fingerprint density at radius 3 is 2.65 bits per heavy atom. The predicted octanol–water partition coefficient (Wildman–Crippen LogP) is 2.08. The van der Waals surface area contributed by atoms with Crippen LogP contribution >= 0.6 is 0 Å². The maximum atomic E-state index is 12.3. The zero-order valence-corrected chi connectivity index (χ0v) is 13.9. The number of piperidine rings is 1. The Kier molecular flexibility index (Phi) is 5.51. The van der Waals surface area contributed by atoms with Gasteiger partial charge in [-0.25, -0.2) is 4.79 Å². The van der Waals surface area contributed by atoms with E-state index < -0.39 is 0 Å². The van der Waals surface area contributed by atoms with Crippen molar-refractivity contribution < 1.29 is 9.53 Å². The highest BCUT2D eigenvalue weighted by atomic mass is 16.5. The van der Waals surface area contributed by atoms with Crippen LogP contribution < -0.4 is 5.32 Å². The van der Waals surface area contributed by atoms with E-state index >= 15 is 0 Å². The molecule has 0 spiro atoms. The third-order valence-corrected chi connectivity index (χ3v) is 4.69. The zero-order valence-electron chi connectivity index (χ0n) is 13.9. The minimum Gasteiger partial charge on any atom is -0.375 e. The Balaban J connectivity index is 1.41. The fourth-order valence-electron chi connectivity index (χ4n) is 3.35. The Hall–Kier alpha value is -1.59. The number of carbonyl (C=O) groups excluding carboxylic acids is 1. The maximum Gasteiger partial charge on any atom is 0.317 e. The SMILES string of the molecule is CC1CN(C(=O)NC2CCN(Cc3ccccc3)CC2)CCO1. The van der Waals surface area contributed by atoms with Gasteiger partial charge < -0.3 is 15.0 Å². The fourth-order valence-corrected chi connectivity index (χ4v) is 3.35. The van der Waals surface area contributed by atoms with Crippen LogP contribution in [0.2, 0.25) is 0 Å². The highest BCUT2D eigenvalue weighted by Gasteiger charge is 2.25. The molecule has 2 aliphatic heterocycles. The molecule has 2 fully saturated rings. The first-order chi connectivity index (χ1) is 11.2. The molecule has 0 aromatic heterocycles. The molecular formula is C18H27N3O2. The van der Waals surface area contributed by atoms with E-state index in [1.54, 1.807) is 0 Å². The molecule has 1 N–H and O–H groups in total. The van der Waals surface area contributed by atoms with Crippen LogP contribution in [-0.4, -0.2) is 60.8 Å². The Bertz CT molecular complexity index is 500. The molecule has 1 atom stereocenters. The molecule has 3 rings (SSSR count). The average molecular weight is 317 g/mol. The Morgan fingerprint density at radius 1 is 1.22 bits per heavy atom. The molecule has 0 radical (unpaired) electrons. The molecule has 0 saturated carbocycles. The lowest BCUT2D eigenvalue weighted by Crippen LogP contribution is -2.53. The van der Waals surface area contributed by atoms with Gasteiger partial charge in [-0.05, 0) is 25.3 Å². The van der Waals surface area contributed by atoms with Gasteiger partial charge in [-0.15, -0.1) is 0 Å². The molecule has 0 bridgehead atoms. The zero-order chi connectivity index (χ0) is 16.1. The lowest BCUT2D eigenvalue weighted by molar-refractivity contribution is -0.00420. The Morgan fingerprint density at radius 2 is 1.96 bits per heavy atom. The molecule has 0 aliphatic carbocycles. The number of amides is 2. The summed E-state index contributed by atoms with van der Waals surface area (Å²) in [6, 6.07) is 10.9. The van der Waals surface area contributed by atoms with Gasteiger partial charge in [-0.1, -0.05) is 30.3 Å². The second kappa shape index (κ2) is 7.79. The Labute approximate surface area is 138 Å². The number of hydrogen-bond donors (Lipinski definition) is 1. The van der Waals surface area contributed by atoms with Crippen molar-refractivity contribution in [2.45, 2.75) is 38.5 Å². The molecule has 23 heavy (non-hydrogen) atoms. The molecule has 1 aromatic carbocycles. The fraction of sp³-hybridized carbons (Fsp3) is 0.611. The predicted molar refractivity (Wildman–Crippen MR) is 90.3 cm³/mol. The number of nitrogens with one attached hydrogen (secondary N) is 1. The number of likely N-dealkylation sites (tertiary alicyclic amines) is 1. The first-order valence-electron chi connectivity index (χ1n) is 8.64. The summed E-state index contributed by atoms with van der Waals surface area (Å²) < 4.78 is 5.49. The van der Waals surface area contributed by atoms with Gasteiger partial charge in [0, 0.05) is 38.8 Å². The summed E-state index contributed by atoms with van der Waals surface area (Å²) in [4.78, 5) is 16.7. The van der Waals surface area contributed by atoms with Crippen molar-refractivity contribution >= 4 is 6.03 Å². The molecule has 1 unspecified atom stereocenters. The number of benzene rings is 1. The highest BCUT2D eigenvalue weighted by molar-refractivity contribution is 5.74. The van der Waals surface area contributed by atoms with Gasteiger partial charge in [0.15, 0.2) is 0 Å². The van der Waals surface area contributed by atoms with Crippen molar-refractivity contribution in [1.82, 2.24) is 15.1 Å². The first-order valence-corrected chi connectivity index (χ1v) is 8.64. The molecule has 2 amide bonds. The lowest BCUT2D eigenvalue weighted by atomic mass is 10.0. The van der Waals surface area contributed by atoms with E-state index in [1.807, 2.05) is 11.8 Å². The second-order valence-corrected chi connectivity index (χ2v) is 6.61. The number of rotatable bonds is 3. The number of morpholine rings is 1. The monoisotopic (exact) mass is 317 g/mol. The van der Waals surface area contributed by atoms with E-state index in [9.17, 15) is 4.79 Å². The minimum absolute atomic E-state index is 0.0710. The van der Waals surface area contributed by atoms with Crippen LogP contribution in [0.25, 0.3) is 0 Å². The first kappa shape index (κ1) is 16.3. The quantitative estimate of drug-likeness (QED) is 0.928. The number of carbonyl (C=O) groups is 1. The molecular weight excluding hydrogens is 290 g/mol. The minimum atomic E-state index is 0.0710. The highest BCUT2D eigenvalue weighted by Crippen LogP contribution is 2.14. The van der Waals surface area contributed by atoms with Crippen LogP contribution in [0.3, 0.4) is 0 Å². The molecule has 1 aromatic rings. The molecule has 2 heterocycles. The van der Waals surface area contributed by atoms with Crippen LogP contribution in [0.15, 0.2) is 30.3 Å². The van der Waals surface area contributed by atoms with Gasteiger partial charge in [-0.2, -0.15) is 0 Å². The molecule has 2 aliphatic rings. The van der Waals surface area contributed by atoms with E-state index in [0.717, 1.165) is 32.5 Å². The summed E-state index contributed by atoms with van der Waals surface area (Å²) in [7, 11) is 0. The summed E-state index contributed by atoms with van der Waals surface area (Å²) in [6.07, 6.45) is 2.19. The van der Waals surface area contributed by atoms with Gasteiger partial charge in [-0.3, -0.25) is 4.90 Å². The van der Waals surface area contributed by atoms with E-state index in [2.05, 4.69) is 40.5 Å². The van der Waals surface area contributed by atoms with Crippen LogP contribution in [0, 0.1) is 0 Å². The van der Waals surface area contributed by atoms with Gasteiger partial charge in [0.2, 0.25) is 0 Å². The summed E-state index contributed by atoms with van der Waals surface area (Å²) in [5, 5.41) is 3.20. The maximum absolute atomic E-state index is 12.3. The number of urea groups is 1. The van der Waals surface area contributed by atoms with Crippen molar-refractivity contribution in [1.29, 1.82) is 0 Å². The van der Waals surface area contributed by atoms with Gasteiger partial charge >= 0.3 is 6.03 Å². The van der Waals surface area contributed by atoms with Crippen LogP contribution in [0.1, 0.15) is 25.3 Å². The third kappa shape index (κ3) is 4.69. The number of ether oxygens (including phenoxy) is 1. The van der Waals surface area contributed by atoms with Gasteiger partial charge in [0.05, 0.1) is 12.7 Å². The van der Waals surface area contributed by atoms with E-state index in [4.69, 9.17) is 4.74 Å². The van der Waals surface area contributed by atoms with Gasteiger partial charge in [0.25, 0.3) is 0 Å². The second-order valence-electron chi connectivity index (χ2n) is 6.61. The van der Waals surface area contributed by atoms with Crippen LogP contribution in [0.4, 0.5) is 4.79 Å². The third-order valence-electron chi connectivity index (χ3n) is 4.69. The van der Waals surface area contributed by atoms with Crippen LogP contribution in [-0.2, 0) is 11.3 Å². The van der Waals surface area contributed by atoms with Gasteiger partial charge in [0.1, 0.15) is 0 Å². The summed E-state index contributed by atoms with van der Waals surface area (Å²) in [5.41, 5.74) is 1.36. The molecule has 126 valence electrons.